The van der Waals surface area contributed by atoms with E-state index in [1.165, 1.54) is 4.90 Å². The van der Waals surface area contributed by atoms with Crippen LogP contribution in [0.25, 0.3) is 0 Å². The lowest BCUT2D eigenvalue weighted by atomic mass is 9.77. The molecular formula is C37H39N5O6. The molecule has 0 spiro atoms. The average molecular weight is 650 g/mol. The Morgan fingerprint density at radius 3 is 2.35 bits per heavy atom. The summed E-state index contributed by atoms with van der Waals surface area (Å²) in [5.74, 6) is -1.55. The molecule has 3 aromatic rings. The Morgan fingerprint density at radius 1 is 0.896 bits per heavy atom. The second-order valence-electron chi connectivity index (χ2n) is 13.0. The van der Waals surface area contributed by atoms with Crippen molar-refractivity contribution >= 4 is 29.5 Å². The maximum atomic E-state index is 14.5. The summed E-state index contributed by atoms with van der Waals surface area (Å²) in [6.45, 7) is 1.26. The van der Waals surface area contributed by atoms with Gasteiger partial charge in [0.1, 0.15) is 11.9 Å². The first kappa shape index (κ1) is 31.5. The van der Waals surface area contributed by atoms with Crippen LogP contribution in [-0.2, 0) is 16.0 Å². The van der Waals surface area contributed by atoms with Crippen LogP contribution in [0.1, 0.15) is 80.3 Å². The summed E-state index contributed by atoms with van der Waals surface area (Å²) in [5.41, 5.74) is 2.95. The van der Waals surface area contributed by atoms with Crippen molar-refractivity contribution < 1.29 is 28.7 Å². The molecule has 0 radical (unpaired) electrons. The molecule has 4 atom stereocenters. The Labute approximate surface area is 279 Å². The number of rotatable bonds is 7. The zero-order valence-electron chi connectivity index (χ0n) is 27.0. The third-order valence-corrected chi connectivity index (χ3v) is 10.3. The molecule has 5 amide bonds. The molecule has 3 aliphatic heterocycles. The Kier molecular flexibility index (Phi) is 8.68. The molecule has 0 bridgehead atoms. The predicted molar refractivity (Wildman–Crippen MR) is 175 cm³/mol. The summed E-state index contributed by atoms with van der Waals surface area (Å²) >= 11 is 0. The van der Waals surface area contributed by atoms with Gasteiger partial charge in [0, 0.05) is 56.4 Å². The Morgan fingerprint density at radius 2 is 1.65 bits per heavy atom. The number of fused-ring (bicyclic) bond motifs is 2. The van der Waals surface area contributed by atoms with Crippen LogP contribution in [0.15, 0.2) is 67.0 Å². The lowest BCUT2D eigenvalue weighted by molar-refractivity contribution is -0.146. The molecule has 1 aromatic heterocycles. The maximum Gasteiger partial charge on any atom is 0.261 e. The first-order valence-electron chi connectivity index (χ1n) is 16.8. The van der Waals surface area contributed by atoms with Gasteiger partial charge in [-0.05, 0) is 55.2 Å². The standard InChI is InChI=1S/C37H39N5O6/c1-38-33(43)26-10-2-3-11-27(26)35(45)41-19-15-23-8-6-14-31(48-25-16-18-40(21-25)34(44)24-9-7-17-39-20-24)32(23)30(41)22-42-36(46)28-12-4-5-13-29(28)37(42)47/h4-9,12-14,17,20,25-27,30H,2-3,10-11,15-16,18-19,21-22H2,1H3,(H,38,43)/t25?,26?,27?,30-/m1/s1. The van der Waals surface area contributed by atoms with E-state index in [0.29, 0.717) is 67.8 Å². The van der Waals surface area contributed by atoms with Crippen molar-refractivity contribution in [3.8, 4) is 5.75 Å². The van der Waals surface area contributed by atoms with Gasteiger partial charge in [0.05, 0.1) is 35.8 Å². The quantitative estimate of drug-likeness (QED) is 0.387. The molecule has 1 aliphatic carbocycles. The first-order chi connectivity index (χ1) is 23.4. The van der Waals surface area contributed by atoms with Gasteiger partial charge in [-0.25, -0.2) is 0 Å². The molecule has 1 saturated carbocycles. The number of likely N-dealkylation sites (tertiary alicyclic amines) is 1. The monoisotopic (exact) mass is 649 g/mol. The van der Waals surface area contributed by atoms with Gasteiger partial charge >= 0.3 is 0 Å². The fraction of sp³-hybridized carbons (Fsp3) is 0.405. The average Bonchev–Trinajstić information content (AvgIpc) is 3.69. The van der Waals surface area contributed by atoms with Crippen molar-refractivity contribution in [1.82, 2.24) is 25.0 Å². The third-order valence-electron chi connectivity index (χ3n) is 10.3. The molecule has 248 valence electrons. The fourth-order valence-electron chi connectivity index (χ4n) is 7.87. The minimum Gasteiger partial charge on any atom is -0.488 e. The highest BCUT2D eigenvalue weighted by Gasteiger charge is 2.45. The molecule has 4 heterocycles. The SMILES string of the molecule is CNC(=O)C1CCCCC1C(=O)N1CCc2cccc(OC3CCN(C(=O)c4cccnc4)C3)c2[C@H]1CN1C(=O)c2ccccc2C1=O. The number of benzene rings is 2. The van der Waals surface area contributed by atoms with Gasteiger partial charge in [-0.2, -0.15) is 0 Å². The van der Waals surface area contributed by atoms with Gasteiger partial charge in [0.25, 0.3) is 17.7 Å². The van der Waals surface area contributed by atoms with Crippen molar-refractivity contribution in [1.29, 1.82) is 0 Å². The van der Waals surface area contributed by atoms with Gasteiger partial charge in [0.15, 0.2) is 0 Å². The van der Waals surface area contributed by atoms with E-state index < -0.39 is 29.7 Å². The van der Waals surface area contributed by atoms with E-state index in [1.807, 2.05) is 18.2 Å². The second kappa shape index (κ2) is 13.2. The minimum atomic E-state index is -0.679. The van der Waals surface area contributed by atoms with Crippen LogP contribution in [0.4, 0.5) is 0 Å². The van der Waals surface area contributed by atoms with Crippen molar-refractivity contribution in [3.63, 3.8) is 0 Å². The molecule has 1 N–H and O–H groups in total. The first-order valence-corrected chi connectivity index (χ1v) is 16.8. The Balaban J connectivity index is 1.21. The van der Waals surface area contributed by atoms with E-state index in [-0.39, 0.29) is 30.4 Å². The van der Waals surface area contributed by atoms with Gasteiger partial charge < -0.3 is 19.9 Å². The third kappa shape index (κ3) is 5.71. The largest absolute Gasteiger partial charge is 0.488 e. The summed E-state index contributed by atoms with van der Waals surface area (Å²) < 4.78 is 6.65. The zero-order chi connectivity index (χ0) is 33.4. The Bertz CT molecular complexity index is 1730. The molecule has 4 aliphatic rings. The van der Waals surface area contributed by atoms with E-state index in [2.05, 4.69) is 10.3 Å². The van der Waals surface area contributed by atoms with Gasteiger partial charge in [0.2, 0.25) is 11.8 Å². The van der Waals surface area contributed by atoms with Crippen molar-refractivity contribution in [2.75, 3.05) is 33.2 Å². The summed E-state index contributed by atoms with van der Waals surface area (Å²) in [6.07, 6.45) is 7.03. The topological polar surface area (TPSA) is 129 Å². The fourth-order valence-corrected chi connectivity index (χ4v) is 7.87. The van der Waals surface area contributed by atoms with E-state index in [9.17, 15) is 24.0 Å². The van der Waals surface area contributed by atoms with Crippen LogP contribution in [-0.4, -0.2) is 88.6 Å². The summed E-state index contributed by atoms with van der Waals surface area (Å²) in [4.78, 5) is 76.6. The van der Waals surface area contributed by atoms with Crippen LogP contribution >= 0.6 is 0 Å². The van der Waals surface area contributed by atoms with Crippen LogP contribution in [0.3, 0.4) is 0 Å². The van der Waals surface area contributed by atoms with Crippen LogP contribution < -0.4 is 10.1 Å². The molecule has 2 fully saturated rings. The van der Waals surface area contributed by atoms with E-state index in [0.717, 1.165) is 24.0 Å². The van der Waals surface area contributed by atoms with Gasteiger partial charge in [-0.15, -0.1) is 0 Å². The molecule has 3 unspecified atom stereocenters. The molecule has 11 nitrogen and oxygen atoms in total. The number of ether oxygens (including phenoxy) is 1. The van der Waals surface area contributed by atoms with Crippen LogP contribution in [0.2, 0.25) is 0 Å². The molecule has 7 rings (SSSR count). The minimum absolute atomic E-state index is 0.0426. The van der Waals surface area contributed by atoms with Crippen LogP contribution in [0, 0.1) is 11.8 Å². The summed E-state index contributed by atoms with van der Waals surface area (Å²) in [5, 5.41) is 2.74. The number of carbonyl (C=O) groups excluding carboxylic acids is 5. The van der Waals surface area contributed by atoms with Crippen molar-refractivity contribution in [2.45, 2.75) is 50.7 Å². The number of nitrogens with one attached hydrogen (secondary N) is 1. The van der Waals surface area contributed by atoms with Crippen LogP contribution in [0.5, 0.6) is 5.75 Å². The number of pyridine rings is 1. The number of hydrogen-bond acceptors (Lipinski definition) is 7. The normalized spacial score (nSPS) is 23.5. The summed E-state index contributed by atoms with van der Waals surface area (Å²) in [7, 11) is 1.60. The van der Waals surface area contributed by atoms with Gasteiger partial charge in [-0.1, -0.05) is 37.1 Å². The smallest absolute Gasteiger partial charge is 0.261 e. The molecule has 1 saturated heterocycles. The predicted octanol–water partition coefficient (Wildman–Crippen LogP) is 3.65. The van der Waals surface area contributed by atoms with E-state index in [4.69, 9.17) is 4.74 Å². The highest BCUT2D eigenvalue weighted by Crippen LogP contribution is 2.42. The number of aromatic nitrogens is 1. The number of carbonyl (C=O) groups is 5. The number of amides is 5. The van der Waals surface area contributed by atoms with E-state index >= 15 is 0 Å². The highest BCUT2D eigenvalue weighted by molar-refractivity contribution is 6.21. The molecule has 48 heavy (non-hydrogen) atoms. The van der Waals surface area contributed by atoms with Gasteiger partial charge in [-0.3, -0.25) is 33.9 Å². The highest BCUT2D eigenvalue weighted by atomic mass is 16.5. The molecule has 2 aromatic carbocycles. The lowest BCUT2D eigenvalue weighted by Crippen LogP contribution is -2.51. The van der Waals surface area contributed by atoms with Crippen molar-refractivity contribution in [3.05, 3.63) is 94.8 Å². The second-order valence-corrected chi connectivity index (χ2v) is 13.0. The summed E-state index contributed by atoms with van der Waals surface area (Å²) in [6, 6.07) is 15.3. The lowest BCUT2D eigenvalue weighted by Gasteiger charge is -2.43. The maximum absolute atomic E-state index is 14.5. The zero-order valence-corrected chi connectivity index (χ0v) is 27.0. The number of imide groups is 1. The number of nitrogens with zero attached hydrogens (tertiary/aromatic N) is 4. The Hall–Kier alpha value is -5.06. The molecular weight excluding hydrogens is 610 g/mol. The van der Waals surface area contributed by atoms with Crippen molar-refractivity contribution in [2.24, 2.45) is 11.8 Å². The number of hydrogen-bond donors (Lipinski definition) is 1. The van der Waals surface area contributed by atoms with E-state index in [1.54, 1.807) is 65.6 Å². The molecule has 11 heteroatoms.